The van der Waals surface area contributed by atoms with Crippen LogP contribution >= 0.6 is 0 Å². The first kappa shape index (κ1) is 59.5. The number of aliphatic carboxylic acids is 1. The highest BCUT2D eigenvalue weighted by molar-refractivity contribution is 5.72. The third-order valence-electron chi connectivity index (χ3n) is 11.8. The van der Waals surface area contributed by atoms with Crippen LogP contribution in [-0.4, -0.2) is 80.6 Å². The molecule has 0 saturated heterocycles. The summed E-state index contributed by atoms with van der Waals surface area (Å²) in [5, 5.41) is 9.65. The fourth-order valence-electron chi connectivity index (χ4n) is 7.71. The summed E-state index contributed by atoms with van der Waals surface area (Å²) in [5.41, 5.74) is 0. The first-order chi connectivity index (χ1) is 30.1. The molecule has 0 aromatic heterocycles. The van der Waals surface area contributed by atoms with Crippen molar-refractivity contribution < 1.29 is 38.2 Å². The van der Waals surface area contributed by atoms with Crippen LogP contribution in [0.5, 0.6) is 0 Å². The van der Waals surface area contributed by atoms with Crippen LogP contribution < -0.4 is 0 Å². The molecule has 0 spiro atoms. The van der Waals surface area contributed by atoms with Gasteiger partial charge in [-0.25, -0.2) is 4.79 Å². The standard InChI is InChI=1S/C54H99NO7/c1-6-8-10-12-14-16-18-20-22-24-25-26-27-28-29-31-32-34-36-38-40-42-44-52(56)61-49-50(48-60-47-46-51(54(58)59)55(3,4)5)62-53(57)45-43-41-39-37-35-33-30-23-21-19-17-15-13-11-9-7-2/h23-25,27-28,30,50-51H,6-22,26,29,31-49H2,1-5H3/p+1/b25-24+,28-27+,30-23+. The van der Waals surface area contributed by atoms with E-state index in [1.54, 1.807) is 0 Å². The van der Waals surface area contributed by atoms with E-state index >= 15 is 0 Å². The van der Waals surface area contributed by atoms with E-state index in [2.05, 4.69) is 50.3 Å². The molecule has 1 N–H and O–H groups in total. The van der Waals surface area contributed by atoms with Crippen LogP contribution in [-0.2, 0) is 28.6 Å². The van der Waals surface area contributed by atoms with Gasteiger partial charge in [-0.3, -0.25) is 9.59 Å². The average Bonchev–Trinajstić information content (AvgIpc) is 3.23. The third-order valence-corrected chi connectivity index (χ3v) is 11.8. The summed E-state index contributed by atoms with van der Waals surface area (Å²) in [6.45, 7) is 4.74. The van der Waals surface area contributed by atoms with Crippen molar-refractivity contribution in [1.82, 2.24) is 0 Å². The Kier molecular flexibility index (Phi) is 43.3. The van der Waals surface area contributed by atoms with Crippen LogP contribution in [0.15, 0.2) is 36.5 Å². The molecular weight excluding hydrogens is 775 g/mol. The van der Waals surface area contributed by atoms with Crippen molar-refractivity contribution in [3.63, 3.8) is 0 Å². The molecule has 0 radical (unpaired) electrons. The number of ether oxygens (including phenoxy) is 3. The number of unbranched alkanes of at least 4 members (excludes halogenated alkanes) is 27. The fourth-order valence-corrected chi connectivity index (χ4v) is 7.71. The van der Waals surface area contributed by atoms with Crippen molar-refractivity contribution in [1.29, 1.82) is 0 Å². The van der Waals surface area contributed by atoms with E-state index < -0.39 is 18.1 Å². The Labute approximate surface area is 383 Å². The van der Waals surface area contributed by atoms with Gasteiger partial charge in [0.15, 0.2) is 12.1 Å². The first-order valence-corrected chi connectivity index (χ1v) is 26.0. The van der Waals surface area contributed by atoms with Gasteiger partial charge in [-0.2, -0.15) is 0 Å². The van der Waals surface area contributed by atoms with E-state index in [0.29, 0.717) is 19.3 Å². The second-order valence-corrected chi connectivity index (χ2v) is 18.8. The van der Waals surface area contributed by atoms with Crippen LogP contribution in [0.1, 0.15) is 239 Å². The van der Waals surface area contributed by atoms with Gasteiger partial charge in [0.25, 0.3) is 0 Å². The minimum Gasteiger partial charge on any atom is -0.477 e. The molecule has 8 heteroatoms. The summed E-state index contributed by atoms with van der Waals surface area (Å²) < 4.78 is 17.3. The number of carbonyl (C=O) groups excluding carboxylic acids is 2. The zero-order chi connectivity index (χ0) is 45.6. The van der Waals surface area contributed by atoms with Crippen molar-refractivity contribution in [3.05, 3.63) is 36.5 Å². The third kappa shape index (κ3) is 42.8. The lowest BCUT2D eigenvalue weighted by atomic mass is 10.1. The Balaban J connectivity index is 4.24. The van der Waals surface area contributed by atoms with Gasteiger partial charge < -0.3 is 23.8 Å². The van der Waals surface area contributed by atoms with Crippen LogP contribution in [0.4, 0.5) is 0 Å². The predicted octanol–water partition coefficient (Wildman–Crippen LogP) is 15.0. The van der Waals surface area contributed by atoms with Crippen molar-refractivity contribution in [2.45, 2.75) is 251 Å². The Hall–Kier alpha value is -2.45. The number of nitrogens with zero attached hydrogens (tertiary/aromatic N) is 1. The molecule has 62 heavy (non-hydrogen) atoms. The quantitative estimate of drug-likeness (QED) is 0.0281. The Bertz CT molecular complexity index is 1110. The van der Waals surface area contributed by atoms with Gasteiger partial charge in [0, 0.05) is 19.3 Å². The SMILES string of the molecule is CCCCCCCCC/C=C/CCCCCCCC(=O)OC(COCCC(C(=O)O)[N+](C)(C)C)COC(=O)CCCCCCCCC/C=C/C/C=C/CCCCCCCCCC. The lowest BCUT2D eigenvalue weighted by Gasteiger charge is -2.31. The molecule has 0 rings (SSSR count). The number of carbonyl (C=O) groups is 3. The maximum atomic E-state index is 12.8. The monoisotopic (exact) mass is 875 g/mol. The van der Waals surface area contributed by atoms with Gasteiger partial charge in [-0.1, -0.05) is 185 Å². The lowest BCUT2D eigenvalue weighted by Crippen LogP contribution is -2.50. The van der Waals surface area contributed by atoms with Crippen LogP contribution in [0.3, 0.4) is 0 Å². The molecule has 2 atom stereocenters. The zero-order valence-electron chi connectivity index (χ0n) is 41.3. The Morgan fingerprint density at radius 1 is 0.484 bits per heavy atom. The second-order valence-electron chi connectivity index (χ2n) is 18.8. The highest BCUT2D eigenvalue weighted by atomic mass is 16.6. The van der Waals surface area contributed by atoms with E-state index in [0.717, 1.165) is 64.2 Å². The number of rotatable bonds is 47. The van der Waals surface area contributed by atoms with Gasteiger partial charge >= 0.3 is 17.9 Å². The van der Waals surface area contributed by atoms with Gasteiger partial charge in [0.1, 0.15) is 6.61 Å². The normalized spacial score (nSPS) is 13.1. The molecule has 0 aliphatic heterocycles. The summed E-state index contributed by atoms with van der Waals surface area (Å²) in [5.74, 6) is -1.48. The first-order valence-electron chi connectivity index (χ1n) is 26.0. The van der Waals surface area contributed by atoms with Gasteiger partial charge in [-0.15, -0.1) is 0 Å². The van der Waals surface area contributed by atoms with Crippen molar-refractivity contribution in [3.8, 4) is 0 Å². The molecule has 8 nitrogen and oxygen atoms in total. The van der Waals surface area contributed by atoms with Gasteiger partial charge in [-0.05, 0) is 70.6 Å². The summed E-state index contributed by atoms with van der Waals surface area (Å²) in [6, 6.07) is -0.617. The van der Waals surface area contributed by atoms with Gasteiger partial charge in [0.2, 0.25) is 0 Å². The van der Waals surface area contributed by atoms with E-state index in [-0.39, 0.29) is 36.2 Å². The molecule has 0 amide bonds. The van der Waals surface area contributed by atoms with E-state index in [4.69, 9.17) is 14.2 Å². The highest BCUT2D eigenvalue weighted by Crippen LogP contribution is 2.15. The van der Waals surface area contributed by atoms with E-state index in [9.17, 15) is 19.5 Å². The molecule has 0 fully saturated rings. The molecule has 0 bridgehead atoms. The van der Waals surface area contributed by atoms with Crippen molar-refractivity contribution in [2.24, 2.45) is 0 Å². The maximum absolute atomic E-state index is 12.8. The fraction of sp³-hybridized carbons (Fsp3) is 0.833. The summed E-state index contributed by atoms with van der Waals surface area (Å²) in [6.07, 6.45) is 53.4. The Morgan fingerprint density at radius 3 is 1.26 bits per heavy atom. The molecular formula is C54H100NO7+. The minimum absolute atomic E-state index is 0.0568. The largest absolute Gasteiger partial charge is 0.477 e. The summed E-state index contributed by atoms with van der Waals surface area (Å²) >= 11 is 0. The summed E-state index contributed by atoms with van der Waals surface area (Å²) in [4.78, 5) is 37.1. The molecule has 2 unspecified atom stereocenters. The minimum atomic E-state index is -0.876. The molecule has 0 saturated carbocycles. The average molecular weight is 875 g/mol. The number of likely N-dealkylation sites (N-methyl/N-ethyl adjacent to an activating group) is 1. The Morgan fingerprint density at radius 2 is 0.855 bits per heavy atom. The number of hydrogen-bond donors (Lipinski definition) is 1. The molecule has 0 heterocycles. The summed E-state index contributed by atoms with van der Waals surface area (Å²) in [7, 11) is 5.53. The lowest BCUT2D eigenvalue weighted by molar-refractivity contribution is -0.887. The number of allylic oxidation sites excluding steroid dienone is 6. The van der Waals surface area contributed by atoms with Crippen molar-refractivity contribution in [2.75, 3.05) is 41.0 Å². The number of quaternary nitrogens is 1. The van der Waals surface area contributed by atoms with Crippen LogP contribution in [0, 0.1) is 0 Å². The predicted molar refractivity (Wildman–Crippen MR) is 261 cm³/mol. The van der Waals surface area contributed by atoms with E-state index in [1.807, 2.05) is 21.1 Å². The van der Waals surface area contributed by atoms with Crippen molar-refractivity contribution >= 4 is 17.9 Å². The number of hydrogen-bond acceptors (Lipinski definition) is 6. The molecule has 0 aromatic carbocycles. The van der Waals surface area contributed by atoms with E-state index in [1.165, 1.54) is 141 Å². The van der Waals surface area contributed by atoms with Gasteiger partial charge in [0.05, 0.1) is 34.4 Å². The zero-order valence-corrected chi connectivity index (χ0v) is 41.3. The number of carboxylic acids is 1. The molecule has 0 aliphatic carbocycles. The number of carboxylic acid groups (broad SMARTS) is 1. The molecule has 0 aromatic rings. The smallest absolute Gasteiger partial charge is 0.362 e. The van der Waals surface area contributed by atoms with Crippen LogP contribution in [0.25, 0.3) is 0 Å². The number of esters is 2. The maximum Gasteiger partial charge on any atom is 0.362 e. The molecule has 362 valence electrons. The second kappa shape index (κ2) is 45.1. The topological polar surface area (TPSA) is 99.1 Å². The molecule has 0 aliphatic rings. The highest BCUT2D eigenvalue weighted by Gasteiger charge is 2.31. The van der Waals surface area contributed by atoms with Crippen LogP contribution in [0.2, 0.25) is 0 Å².